The maximum Gasteiger partial charge on any atom is 0.237 e. The number of carbonyl (C=O) groups excluding carboxylic acids is 1. The normalized spacial score (nSPS) is 19.6. The third-order valence-corrected chi connectivity index (χ3v) is 5.26. The van der Waals surface area contributed by atoms with E-state index >= 15 is 0 Å². The van der Waals surface area contributed by atoms with Crippen LogP contribution in [0.3, 0.4) is 0 Å². The van der Waals surface area contributed by atoms with Crippen LogP contribution in [0.2, 0.25) is 0 Å². The van der Waals surface area contributed by atoms with Crippen LogP contribution < -0.4 is 15.0 Å². The van der Waals surface area contributed by atoms with E-state index in [4.69, 9.17) is 10.1 Å². The summed E-state index contributed by atoms with van der Waals surface area (Å²) < 4.78 is 5.16. The van der Waals surface area contributed by atoms with Gasteiger partial charge in [0.05, 0.1) is 29.9 Å². The summed E-state index contributed by atoms with van der Waals surface area (Å²) in [4.78, 5) is 14.0. The van der Waals surface area contributed by atoms with Crippen molar-refractivity contribution in [3.8, 4) is 5.75 Å². The Morgan fingerprint density at radius 1 is 1.12 bits per heavy atom. The molecule has 0 saturated carbocycles. The molecule has 1 amide bonds. The molecule has 6 heteroatoms. The van der Waals surface area contributed by atoms with Gasteiger partial charge in [0.2, 0.25) is 5.91 Å². The van der Waals surface area contributed by atoms with E-state index < -0.39 is 0 Å². The van der Waals surface area contributed by atoms with Crippen molar-refractivity contribution in [3.63, 3.8) is 0 Å². The van der Waals surface area contributed by atoms with E-state index in [1.807, 2.05) is 35.7 Å². The molecule has 1 fully saturated rings. The van der Waals surface area contributed by atoms with Crippen molar-refractivity contribution in [1.29, 1.82) is 5.41 Å². The van der Waals surface area contributed by atoms with Gasteiger partial charge < -0.3 is 10.1 Å². The Morgan fingerprint density at radius 2 is 1.85 bits per heavy atom. The van der Waals surface area contributed by atoms with Crippen molar-refractivity contribution in [2.45, 2.75) is 6.42 Å². The van der Waals surface area contributed by atoms with Gasteiger partial charge in [0.25, 0.3) is 0 Å². The zero-order chi connectivity index (χ0) is 18.1. The van der Waals surface area contributed by atoms with E-state index in [1.54, 1.807) is 31.4 Å². The van der Waals surface area contributed by atoms with Crippen LogP contribution in [0.5, 0.6) is 5.75 Å². The number of ether oxygens (including phenoxy) is 1. The van der Waals surface area contributed by atoms with Crippen LogP contribution in [0.15, 0.2) is 70.6 Å². The maximum atomic E-state index is 12.5. The summed E-state index contributed by atoms with van der Waals surface area (Å²) in [6.45, 7) is 0. The van der Waals surface area contributed by atoms with Gasteiger partial charge in [-0.3, -0.25) is 15.1 Å². The Balaban J connectivity index is 1.58. The van der Waals surface area contributed by atoms with Gasteiger partial charge in [-0.25, -0.2) is 0 Å². The minimum Gasteiger partial charge on any atom is -0.497 e. The molecule has 0 unspecified atom stereocenters. The lowest BCUT2D eigenvalue weighted by atomic mass is 10.2. The Morgan fingerprint density at radius 3 is 2.54 bits per heavy atom. The monoisotopic (exact) mass is 363 g/mol. The number of hydrogen-bond acceptors (Lipinski definition) is 5. The fourth-order valence-electron chi connectivity index (χ4n) is 2.97. The number of nitrogens with zero attached hydrogens (tertiary/aromatic N) is 1. The molecule has 4 rings (SSSR count). The first-order valence-electron chi connectivity index (χ1n) is 8.15. The second-order valence-electron chi connectivity index (χ2n) is 5.90. The summed E-state index contributed by atoms with van der Waals surface area (Å²) >= 11 is 1.52. The van der Waals surface area contributed by atoms with Gasteiger partial charge in [0.15, 0.2) is 0 Å². The van der Waals surface area contributed by atoms with Crippen molar-refractivity contribution < 1.29 is 9.53 Å². The summed E-state index contributed by atoms with van der Waals surface area (Å²) in [6, 6.07) is 17.2. The van der Waals surface area contributed by atoms with Crippen LogP contribution in [-0.4, -0.2) is 18.9 Å². The van der Waals surface area contributed by atoms with E-state index in [0.29, 0.717) is 5.69 Å². The van der Waals surface area contributed by atoms with E-state index in [-0.39, 0.29) is 18.2 Å². The molecule has 2 aliphatic heterocycles. The van der Waals surface area contributed by atoms with Gasteiger partial charge in [-0.1, -0.05) is 42.1 Å². The molecule has 2 aliphatic rings. The third-order valence-electron chi connectivity index (χ3n) is 4.32. The molecule has 2 aromatic rings. The molecule has 0 atom stereocenters. The van der Waals surface area contributed by atoms with Crippen LogP contribution in [0, 0.1) is 5.41 Å². The van der Waals surface area contributed by atoms with Crippen LogP contribution in [-0.2, 0) is 4.79 Å². The highest BCUT2D eigenvalue weighted by Gasteiger charge is 2.35. The van der Waals surface area contributed by atoms with Gasteiger partial charge in [0.1, 0.15) is 11.6 Å². The molecular weight excluding hydrogens is 346 g/mol. The molecule has 1 saturated heterocycles. The smallest absolute Gasteiger partial charge is 0.237 e. The summed E-state index contributed by atoms with van der Waals surface area (Å²) in [6.07, 6.45) is 0.218. The van der Waals surface area contributed by atoms with E-state index in [1.165, 1.54) is 16.7 Å². The lowest BCUT2D eigenvalue weighted by Crippen LogP contribution is -2.28. The van der Waals surface area contributed by atoms with E-state index in [0.717, 1.165) is 27.6 Å². The highest BCUT2D eigenvalue weighted by molar-refractivity contribution is 8.06. The van der Waals surface area contributed by atoms with Crippen LogP contribution in [0.4, 0.5) is 5.69 Å². The molecule has 2 aromatic carbocycles. The van der Waals surface area contributed by atoms with Crippen molar-refractivity contribution in [3.05, 3.63) is 76.2 Å². The zero-order valence-electron chi connectivity index (χ0n) is 14.2. The number of rotatable bonds is 3. The number of amides is 1. The summed E-state index contributed by atoms with van der Waals surface area (Å²) in [5.41, 5.74) is 3.47. The number of amidine groups is 1. The quantitative estimate of drug-likeness (QED) is 0.866. The lowest BCUT2D eigenvalue weighted by Gasteiger charge is -2.16. The van der Waals surface area contributed by atoms with Crippen LogP contribution in [0.25, 0.3) is 5.70 Å². The first kappa shape index (κ1) is 16.5. The predicted molar refractivity (Wildman–Crippen MR) is 105 cm³/mol. The SMILES string of the molecule is COc1ccc(N2C(=N)C(=C3NC(c4ccccc4)=CS3)CC2=O)cc1. The molecule has 0 bridgehead atoms. The minimum absolute atomic E-state index is 0.0989. The molecule has 0 aliphatic carbocycles. The minimum atomic E-state index is -0.0989. The van der Waals surface area contributed by atoms with E-state index in [2.05, 4.69) is 5.32 Å². The van der Waals surface area contributed by atoms with E-state index in [9.17, 15) is 4.79 Å². The fraction of sp³-hybridized carbons (Fsp3) is 0.100. The van der Waals surface area contributed by atoms with Gasteiger partial charge in [-0.05, 0) is 29.8 Å². The van der Waals surface area contributed by atoms with Crippen molar-refractivity contribution in [2.75, 3.05) is 12.0 Å². The highest BCUT2D eigenvalue weighted by atomic mass is 32.2. The average molecular weight is 363 g/mol. The summed E-state index contributed by atoms with van der Waals surface area (Å²) in [5.74, 6) is 0.839. The molecule has 0 radical (unpaired) electrons. The standard InChI is InChI=1S/C20H17N3O2S/c1-25-15-9-7-14(8-10-15)23-18(24)11-16(19(23)21)20-22-17(12-26-20)13-5-3-2-4-6-13/h2-10,12,21-22H,11H2,1H3. The lowest BCUT2D eigenvalue weighted by molar-refractivity contribution is -0.116. The molecule has 0 spiro atoms. The van der Waals surface area contributed by atoms with Crippen molar-refractivity contribution >= 4 is 34.9 Å². The number of anilines is 1. The molecule has 2 heterocycles. The number of hydrogen-bond donors (Lipinski definition) is 2. The van der Waals surface area contributed by atoms with Gasteiger partial charge in [-0.2, -0.15) is 0 Å². The Hall–Kier alpha value is -2.99. The predicted octanol–water partition coefficient (Wildman–Crippen LogP) is 3.96. The molecule has 5 nitrogen and oxygen atoms in total. The first-order valence-corrected chi connectivity index (χ1v) is 9.03. The number of thioether (sulfide) groups is 1. The third kappa shape index (κ3) is 2.88. The Labute approximate surface area is 155 Å². The van der Waals surface area contributed by atoms with Crippen LogP contribution in [0.1, 0.15) is 12.0 Å². The molecule has 26 heavy (non-hydrogen) atoms. The van der Waals surface area contributed by atoms with Gasteiger partial charge in [-0.15, -0.1) is 0 Å². The molecule has 0 aromatic heterocycles. The Bertz CT molecular complexity index is 933. The largest absolute Gasteiger partial charge is 0.497 e. The van der Waals surface area contributed by atoms with Crippen molar-refractivity contribution in [1.82, 2.24) is 5.32 Å². The molecule has 130 valence electrons. The summed E-state index contributed by atoms with van der Waals surface area (Å²) in [5, 5.41) is 14.7. The maximum absolute atomic E-state index is 12.5. The van der Waals surface area contributed by atoms with Crippen LogP contribution >= 0.6 is 11.8 Å². The van der Waals surface area contributed by atoms with Gasteiger partial charge in [0, 0.05) is 11.0 Å². The highest BCUT2D eigenvalue weighted by Crippen LogP contribution is 2.37. The Kier molecular flexibility index (Phi) is 4.26. The molecular formula is C20H17N3O2S. The second kappa shape index (κ2) is 6.72. The van der Waals surface area contributed by atoms with Gasteiger partial charge >= 0.3 is 0 Å². The molecule has 2 N–H and O–H groups in total. The number of methoxy groups -OCH3 is 1. The second-order valence-corrected chi connectivity index (χ2v) is 6.78. The number of nitrogens with one attached hydrogen (secondary N) is 2. The summed E-state index contributed by atoms with van der Waals surface area (Å²) in [7, 11) is 1.60. The first-order chi connectivity index (χ1) is 12.7. The average Bonchev–Trinajstić information content (AvgIpc) is 3.27. The fourth-order valence-corrected chi connectivity index (χ4v) is 3.88. The number of carbonyl (C=O) groups is 1. The topological polar surface area (TPSA) is 65.4 Å². The van der Waals surface area contributed by atoms with Crippen molar-refractivity contribution in [2.24, 2.45) is 0 Å². The zero-order valence-corrected chi connectivity index (χ0v) is 15.0. The number of benzene rings is 2.